The lowest BCUT2D eigenvalue weighted by molar-refractivity contribution is -0.230. The van der Waals surface area contributed by atoms with Gasteiger partial charge in [0.15, 0.2) is 12.1 Å². The van der Waals surface area contributed by atoms with E-state index in [2.05, 4.69) is 4.74 Å². The fourth-order valence-electron chi connectivity index (χ4n) is 2.66. The van der Waals surface area contributed by atoms with E-state index in [0.29, 0.717) is 6.61 Å². The fourth-order valence-corrected chi connectivity index (χ4v) is 2.66. The maximum atomic E-state index is 10.8. The van der Waals surface area contributed by atoms with Crippen molar-refractivity contribution in [2.24, 2.45) is 0 Å². The summed E-state index contributed by atoms with van der Waals surface area (Å²) in [5.41, 5.74) is 0.930. The zero-order valence-corrected chi connectivity index (χ0v) is 17.0. The molecule has 2 aliphatic rings. The Kier molecular flexibility index (Phi) is 9.63. The summed E-state index contributed by atoms with van der Waals surface area (Å²) in [4.78, 5) is 21.4. The van der Waals surface area contributed by atoms with Crippen LogP contribution in [0, 0.1) is 0 Å². The highest BCUT2D eigenvalue weighted by Crippen LogP contribution is 2.23. The molecule has 0 saturated carbocycles. The molecule has 30 heavy (non-hydrogen) atoms. The minimum Gasteiger partial charge on any atom is -0.461 e. The predicted octanol–water partition coefficient (Wildman–Crippen LogP) is 0.310. The van der Waals surface area contributed by atoms with Crippen LogP contribution >= 0.6 is 0 Å². The molecule has 0 aromatic heterocycles. The highest BCUT2D eigenvalue weighted by Gasteiger charge is 2.33. The predicted molar refractivity (Wildman–Crippen MR) is 101 cm³/mol. The molecule has 2 heterocycles. The zero-order valence-electron chi connectivity index (χ0n) is 17.0. The molecule has 1 unspecified atom stereocenters. The summed E-state index contributed by atoms with van der Waals surface area (Å²) in [5, 5.41) is 16.9. The Balaban J connectivity index is 0.000000222. The second kappa shape index (κ2) is 11.9. The molecule has 2 aliphatic heterocycles. The van der Waals surface area contributed by atoms with E-state index in [1.54, 1.807) is 13.8 Å². The molecule has 0 bridgehead atoms. The number of esters is 2. The van der Waals surface area contributed by atoms with Crippen LogP contribution in [-0.4, -0.2) is 79.8 Å². The molecule has 2 fully saturated rings. The first-order valence-corrected chi connectivity index (χ1v) is 9.49. The van der Waals surface area contributed by atoms with Crippen LogP contribution in [0.3, 0.4) is 0 Å². The molecular weight excluding hydrogens is 400 g/mol. The van der Waals surface area contributed by atoms with E-state index >= 15 is 0 Å². The number of ether oxygens (including phenoxy) is 6. The Morgan fingerprint density at radius 3 is 2.20 bits per heavy atom. The number of hydrogen-bond donors (Lipinski definition) is 2. The standard InChI is InChI=1S/C12H14O5.C8H14O5/c13-6-11(14)17-10-7-15-12(16-8-10)9-4-2-1-3-5-9;1-8(2)12-5-6(13-8)4-11-7(10)3-9/h1-5,10,12-13H,6-8H2;6,9H,3-5H2,1-2H3. The molecule has 3 rings (SSSR count). The van der Waals surface area contributed by atoms with E-state index in [4.69, 9.17) is 33.9 Å². The Morgan fingerprint density at radius 2 is 1.67 bits per heavy atom. The van der Waals surface area contributed by atoms with E-state index < -0.39 is 43.3 Å². The number of rotatable bonds is 6. The molecular formula is C20H28O10. The normalized spacial score (nSPS) is 25.0. The molecule has 1 aromatic rings. The van der Waals surface area contributed by atoms with Crippen molar-refractivity contribution < 1.29 is 48.2 Å². The van der Waals surface area contributed by atoms with Crippen LogP contribution in [0.2, 0.25) is 0 Å². The second-order valence-corrected chi connectivity index (χ2v) is 6.97. The lowest BCUT2D eigenvalue weighted by Crippen LogP contribution is -2.35. The van der Waals surface area contributed by atoms with Crippen molar-refractivity contribution >= 4 is 11.9 Å². The van der Waals surface area contributed by atoms with Gasteiger partial charge in [0.05, 0.1) is 19.8 Å². The Morgan fingerprint density at radius 1 is 1.03 bits per heavy atom. The van der Waals surface area contributed by atoms with Gasteiger partial charge >= 0.3 is 11.9 Å². The number of carbonyl (C=O) groups excluding carboxylic acids is 2. The topological polar surface area (TPSA) is 130 Å². The number of aliphatic hydroxyl groups is 2. The summed E-state index contributed by atoms with van der Waals surface area (Å²) < 4.78 is 31.0. The number of carbonyl (C=O) groups is 2. The molecule has 0 aliphatic carbocycles. The summed E-state index contributed by atoms with van der Waals surface area (Å²) >= 11 is 0. The average Bonchev–Trinajstić information content (AvgIpc) is 3.12. The third-order valence-corrected chi connectivity index (χ3v) is 3.99. The van der Waals surface area contributed by atoms with E-state index in [0.717, 1.165) is 5.56 Å². The van der Waals surface area contributed by atoms with Crippen molar-refractivity contribution in [2.75, 3.05) is 39.6 Å². The first kappa shape index (κ1) is 24.2. The van der Waals surface area contributed by atoms with Gasteiger partial charge in [-0.05, 0) is 13.8 Å². The van der Waals surface area contributed by atoms with Crippen LogP contribution < -0.4 is 0 Å². The summed E-state index contributed by atoms with van der Waals surface area (Å²) in [5.74, 6) is -1.91. The van der Waals surface area contributed by atoms with E-state index in [1.165, 1.54) is 0 Å². The van der Waals surface area contributed by atoms with Gasteiger partial charge in [0.1, 0.15) is 32.0 Å². The second-order valence-electron chi connectivity index (χ2n) is 6.97. The summed E-state index contributed by atoms with van der Waals surface area (Å²) in [6, 6.07) is 9.54. The van der Waals surface area contributed by atoms with Crippen LogP contribution in [0.1, 0.15) is 25.7 Å². The van der Waals surface area contributed by atoms with Crippen LogP contribution in [0.25, 0.3) is 0 Å². The van der Waals surface area contributed by atoms with Gasteiger partial charge in [-0.15, -0.1) is 0 Å². The Bertz CT molecular complexity index is 655. The highest BCUT2D eigenvalue weighted by molar-refractivity contribution is 5.70. The van der Waals surface area contributed by atoms with Gasteiger partial charge in [-0.25, -0.2) is 9.59 Å². The zero-order chi connectivity index (χ0) is 22.0. The molecule has 10 heteroatoms. The maximum absolute atomic E-state index is 10.8. The van der Waals surface area contributed by atoms with Crippen molar-refractivity contribution in [3.8, 4) is 0 Å². The largest absolute Gasteiger partial charge is 0.461 e. The van der Waals surface area contributed by atoms with E-state index in [-0.39, 0.29) is 25.9 Å². The van der Waals surface area contributed by atoms with Crippen molar-refractivity contribution in [3.63, 3.8) is 0 Å². The molecule has 1 atom stereocenters. The van der Waals surface area contributed by atoms with Crippen molar-refractivity contribution in [1.29, 1.82) is 0 Å². The first-order valence-electron chi connectivity index (χ1n) is 9.49. The van der Waals surface area contributed by atoms with Crippen molar-refractivity contribution in [1.82, 2.24) is 0 Å². The maximum Gasteiger partial charge on any atom is 0.332 e. The molecule has 0 radical (unpaired) electrons. The van der Waals surface area contributed by atoms with E-state index in [9.17, 15) is 9.59 Å². The number of benzene rings is 1. The smallest absolute Gasteiger partial charge is 0.332 e. The van der Waals surface area contributed by atoms with Gasteiger partial charge in [-0.1, -0.05) is 30.3 Å². The first-order chi connectivity index (χ1) is 14.3. The third-order valence-electron chi connectivity index (χ3n) is 3.99. The quantitative estimate of drug-likeness (QED) is 0.611. The molecule has 2 saturated heterocycles. The number of aliphatic hydroxyl groups excluding tert-OH is 2. The van der Waals surface area contributed by atoms with Crippen LogP contribution in [0.5, 0.6) is 0 Å². The molecule has 2 N–H and O–H groups in total. The number of hydrogen-bond acceptors (Lipinski definition) is 10. The van der Waals surface area contributed by atoms with Gasteiger partial charge in [0.2, 0.25) is 0 Å². The minimum atomic E-state index is -0.666. The summed E-state index contributed by atoms with van der Waals surface area (Å²) in [7, 11) is 0. The Labute approximate surface area is 174 Å². The van der Waals surface area contributed by atoms with Crippen molar-refractivity contribution in [2.45, 2.75) is 38.1 Å². The van der Waals surface area contributed by atoms with Gasteiger partial charge < -0.3 is 38.6 Å². The van der Waals surface area contributed by atoms with E-state index in [1.807, 2.05) is 30.3 Å². The lowest BCUT2D eigenvalue weighted by Gasteiger charge is -2.29. The van der Waals surface area contributed by atoms with Gasteiger partial charge in [0.25, 0.3) is 0 Å². The molecule has 10 nitrogen and oxygen atoms in total. The molecule has 0 amide bonds. The fraction of sp³-hybridized carbons (Fsp3) is 0.600. The SMILES string of the molecule is CC1(C)OCC(COC(=O)CO)O1.O=C(CO)OC1COC(c2ccccc2)OC1. The van der Waals surface area contributed by atoms with Crippen LogP contribution in [-0.2, 0) is 38.0 Å². The van der Waals surface area contributed by atoms with Crippen LogP contribution in [0.4, 0.5) is 0 Å². The molecule has 1 aromatic carbocycles. The molecule has 168 valence electrons. The summed E-state index contributed by atoms with van der Waals surface area (Å²) in [6.07, 6.45) is -1.10. The van der Waals surface area contributed by atoms with Gasteiger partial charge in [0, 0.05) is 5.56 Å². The Hall–Kier alpha value is -2.08. The lowest BCUT2D eigenvalue weighted by atomic mass is 10.2. The summed E-state index contributed by atoms with van der Waals surface area (Å²) in [6.45, 7) is 3.43. The van der Waals surface area contributed by atoms with Crippen LogP contribution in [0.15, 0.2) is 30.3 Å². The van der Waals surface area contributed by atoms with Gasteiger partial charge in [-0.3, -0.25) is 0 Å². The average molecular weight is 428 g/mol. The molecule has 0 spiro atoms. The minimum absolute atomic E-state index is 0.128. The third kappa shape index (κ3) is 8.34. The van der Waals surface area contributed by atoms with Crippen molar-refractivity contribution in [3.05, 3.63) is 35.9 Å². The van der Waals surface area contributed by atoms with Gasteiger partial charge in [-0.2, -0.15) is 0 Å². The monoisotopic (exact) mass is 428 g/mol. The highest BCUT2D eigenvalue weighted by atomic mass is 16.7.